The lowest BCUT2D eigenvalue weighted by Crippen LogP contribution is -2.50. The summed E-state index contributed by atoms with van der Waals surface area (Å²) < 4.78 is 0. The minimum atomic E-state index is -0.343. The highest BCUT2D eigenvalue weighted by atomic mass is 16.3. The molecular weight excluding hydrogens is 118 g/mol. The largest absolute Gasteiger partial charge is 0.387 e. The average Bonchev–Trinajstić information content (AvgIpc) is 1.84. The van der Waals surface area contributed by atoms with Crippen LogP contribution in [0.3, 0.4) is 0 Å². The SMILES string of the molecule is CC1CCN1C(=O)CO. The van der Waals surface area contributed by atoms with Crippen LogP contribution in [0.5, 0.6) is 0 Å². The van der Waals surface area contributed by atoms with Crippen LogP contribution in [0.25, 0.3) is 0 Å². The molecule has 1 amide bonds. The summed E-state index contributed by atoms with van der Waals surface area (Å²) in [5.74, 6) is -0.145. The number of carbonyl (C=O) groups excluding carboxylic acids is 1. The predicted octanol–water partition coefficient (Wildman–Crippen LogP) is -0.401. The summed E-state index contributed by atoms with van der Waals surface area (Å²) in [6.45, 7) is 2.46. The molecule has 0 aromatic carbocycles. The highest BCUT2D eigenvalue weighted by Gasteiger charge is 2.26. The Bertz CT molecular complexity index is 124. The summed E-state index contributed by atoms with van der Waals surface area (Å²) in [5, 5.41) is 8.40. The smallest absolute Gasteiger partial charge is 0.248 e. The number of rotatable bonds is 1. The summed E-state index contributed by atoms with van der Waals surface area (Å²) in [4.78, 5) is 12.4. The van der Waals surface area contributed by atoms with E-state index in [2.05, 4.69) is 0 Å². The van der Waals surface area contributed by atoms with Crippen molar-refractivity contribution >= 4 is 5.91 Å². The van der Waals surface area contributed by atoms with Gasteiger partial charge < -0.3 is 10.0 Å². The monoisotopic (exact) mass is 129 g/mol. The van der Waals surface area contributed by atoms with Crippen molar-refractivity contribution in [3.05, 3.63) is 0 Å². The molecule has 1 fully saturated rings. The second-order valence-corrected chi connectivity index (χ2v) is 2.38. The molecule has 0 aromatic rings. The molecule has 1 atom stereocenters. The van der Waals surface area contributed by atoms with Gasteiger partial charge in [0.25, 0.3) is 0 Å². The molecule has 3 heteroatoms. The first-order valence-electron chi connectivity index (χ1n) is 3.16. The van der Waals surface area contributed by atoms with Crippen molar-refractivity contribution in [1.29, 1.82) is 0 Å². The molecule has 1 aliphatic rings. The highest BCUT2D eigenvalue weighted by Crippen LogP contribution is 2.15. The van der Waals surface area contributed by atoms with Crippen LogP contribution >= 0.6 is 0 Å². The van der Waals surface area contributed by atoms with Gasteiger partial charge in [-0.15, -0.1) is 0 Å². The molecule has 1 aliphatic heterocycles. The zero-order valence-corrected chi connectivity index (χ0v) is 5.50. The maximum atomic E-state index is 10.7. The molecule has 9 heavy (non-hydrogen) atoms. The topological polar surface area (TPSA) is 40.5 Å². The van der Waals surface area contributed by atoms with Gasteiger partial charge in [0.05, 0.1) is 0 Å². The van der Waals surface area contributed by atoms with Crippen LogP contribution in [0.1, 0.15) is 13.3 Å². The van der Waals surface area contributed by atoms with Crippen LogP contribution in [-0.2, 0) is 4.79 Å². The Balaban J connectivity index is 2.35. The predicted molar refractivity (Wildman–Crippen MR) is 32.9 cm³/mol. The summed E-state index contributed by atoms with van der Waals surface area (Å²) in [6.07, 6.45) is 1.08. The summed E-state index contributed by atoms with van der Waals surface area (Å²) in [7, 11) is 0. The Morgan fingerprint density at radius 3 is 2.67 bits per heavy atom. The first-order chi connectivity index (χ1) is 4.25. The van der Waals surface area contributed by atoms with E-state index in [0.717, 1.165) is 13.0 Å². The number of nitrogens with zero attached hydrogens (tertiary/aromatic N) is 1. The van der Waals surface area contributed by atoms with E-state index >= 15 is 0 Å². The maximum absolute atomic E-state index is 10.7. The summed E-state index contributed by atoms with van der Waals surface area (Å²) >= 11 is 0. The quantitative estimate of drug-likeness (QED) is 0.523. The lowest BCUT2D eigenvalue weighted by Gasteiger charge is -2.38. The van der Waals surface area contributed by atoms with E-state index in [1.165, 1.54) is 0 Å². The van der Waals surface area contributed by atoms with Crippen LogP contribution < -0.4 is 0 Å². The minimum absolute atomic E-state index is 0.145. The molecular formula is C6H11NO2. The molecule has 1 rings (SSSR count). The second kappa shape index (κ2) is 2.35. The van der Waals surface area contributed by atoms with Crippen molar-refractivity contribution in [2.45, 2.75) is 19.4 Å². The van der Waals surface area contributed by atoms with Gasteiger partial charge in [-0.2, -0.15) is 0 Å². The maximum Gasteiger partial charge on any atom is 0.248 e. The first kappa shape index (κ1) is 6.55. The lowest BCUT2D eigenvalue weighted by molar-refractivity contribution is -0.141. The highest BCUT2D eigenvalue weighted by molar-refractivity contribution is 5.78. The van der Waals surface area contributed by atoms with Gasteiger partial charge in [0, 0.05) is 12.6 Å². The zero-order chi connectivity index (χ0) is 6.85. The van der Waals surface area contributed by atoms with E-state index in [1.54, 1.807) is 4.90 Å². The van der Waals surface area contributed by atoms with Crippen molar-refractivity contribution in [2.24, 2.45) is 0 Å². The normalized spacial score (nSPS) is 25.6. The molecule has 0 spiro atoms. The fraction of sp³-hybridized carbons (Fsp3) is 0.833. The van der Waals surface area contributed by atoms with Crippen molar-refractivity contribution in [2.75, 3.05) is 13.2 Å². The van der Waals surface area contributed by atoms with Crippen LogP contribution in [0, 0.1) is 0 Å². The van der Waals surface area contributed by atoms with E-state index in [-0.39, 0.29) is 12.5 Å². The van der Waals surface area contributed by atoms with Gasteiger partial charge in [-0.05, 0) is 13.3 Å². The van der Waals surface area contributed by atoms with Crippen molar-refractivity contribution in [3.8, 4) is 0 Å². The number of hydrogen-bond acceptors (Lipinski definition) is 2. The van der Waals surface area contributed by atoms with E-state index in [0.29, 0.717) is 6.04 Å². The second-order valence-electron chi connectivity index (χ2n) is 2.38. The summed E-state index contributed by atoms with van der Waals surface area (Å²) in [6, 6.07) is 0.352. The molecule has 0 aliphatic carbocycles. The van der Waals surface area contributed by atoms with Gasteiger partial charge >= 0.3 is 0 Å². The lowest BCUT2D eigenvalue weighted by atomic mass is 10.1. The average molecular weight is 129 g/mol. The van der Waals surface area contributed by atoms with Gasteiger partial charge in [-0.1, -0.05) is 0 Å². The molecule has 1 saturated heterocycles. The van der Waals surface area contributed by atoms with Crippen molar-refractivity contribution < 1.29 is 9.90 Å². The number of likely N-dealkylation sites (tertiary alicyclic amines) is 1. The van der Waals surface area contributed by atoms with Crippen molar-refractivity contribution in [1.82, 2.24) is 4.90 Å². The van der Waals surface area contributed by atoms with E-state index in [9.17, 15) is 4.79 Å². The fourth-order valence-electron chi connectivity index (χ4n) is 0.978. The van der Waals surface area contributed by atoms with Gasteiger partial charge in [0.1, 0.15) is 6.61 Å². The third-order valence-corrected chi connectivity index (χ3v) is 1.78. The van der Waals surface area contributed by atoms with Crippen LogP contribution in [-0.4, -0.2) is 35.1 Å². The van der Waals surface area contributed by atoms with E-state index < -0.39 is 0 Å². The number of amides is 1. The Kier molecular flexibility index (Phi) is 1.71. The molecule has 0 radical (unpaired) electrons. The Morgan fingerprint density at radius 1 is 1.89 bits per heavy atom. The summed E-state index contributed by atoms with van der Waals surface area (Å²) in [5.41, 5.74) is 0. The van der Waals surface area contributed by atoms with E-state index in [1.807, 2.05) is 6.92 Å². The number of aliphatic hydroxyl groups excluding tert-OH is 1. The molecule has 0 aromatic heterocycles. The van der Waals surface area contributed by atoms with Crippen LogP contribution in [0.2, 0.25) is 0 Å². The molecule has 52 valence electrons. The van der Waals surface area contributed by atoms with Gasteiger partial charge in [-0.3, -0.25) is 4.79 Å². The molecule has 1 heterocycles. The standard InChI is InChI=1S/C6H11NO2/c1-5-2-3-7(5)6(9)4-8/h5,8H,2-4H2,1H3. The molecule has 3 nitrogen and oxygen atoms in total. The van der Waals surface area contributed by atoms with Gasteiger partial charge in [-0.25, -0.2) is 0 Å². The molecule has 1 N–H and O–H groups in total. The molecule has 0 bridgehead atoms. The van der Waals surface area contributed by atoms with E-state index in [4.69, 9.17) is 5.11 Å². The molecule has 1 unspecified atom stereocenters. The minimum Gasteiger partial charge on any atom is -0.387 e. The van der Waals surface area contributed by atoms with Crippen molar-refractivity contribution in [3.63, 3.8) is 0 Å². The molecule has 0 saturated carbocycles. The Morgan fingerprint density at radius 2 is 2.56 bits per heavy atom. The van der Waals surface area contributed by atoms with Crippen LogP contribution in [0.4, 0.5) is 0 Å². The number of aliphatic hydroxyl groups is 1. The Hall–Kier alpha value is -0.570. The fourth-order valence-corrected chi connectivity index (χ4v) is 0.978. The van der Waals surface area contributed by atoms with Gasteiger partial charge in [0.15, 0.2) is 0 Å². The first-order valence-corrected chi connectivity index (χ1v) is 3.16. The van der Waals surface area contributed by atoms with Crippen LogP contribution in [0.15, 0.2) is 0 Å². The van der Waals surface area contributed by atoms with Gasteiger partial charge in [0.2, 0.25) is 5.91 Å². The number of carbonyl (C=O) groups is 1. The Labute approximate surface area is 54.3 Å². The number of hydrogen-bond donors (Lipinski definition) is 1. The third-order valence-electron chi connectivity index (χ3n) is 1.78. The third kappa shape index (κ3) is 1.05. The zero-order valence-electron chi connectivity index (χ0n) is 5.50.